The summed E-state index contributed by atoms with van der Waals surface area (Å²) in [6.45, 7) is 18.8. The highest BCUT2D eigenvalue weighted by molar-refractivity contribution is 6.89. The Labute approximate surface area is 180 Å². The fraction of sp³-hybridized carbons (Fsp3) is 1.00. The van der Waals surface area contributed by atoms with Crippen LogP contribution in [0.1, 0.15) is 6.42 Å². The van der Waals surface area contributed by atoms with Crippen LogP contribution in [-0.4, -0.2) is 92.3 Å². The number of hydrogen-bond acceptors (Lipinski definition) is 8. The van der Waals surface area contributed by atoms with Crippen LogP contribution in [0.2, 0.25) is 65.0 Å². The quantitative estimate of drug-likeness (QED) is 0.204. The van der Waals surface area contributed by atoms with E-state index in [4.69, 9.17) is 22.2 Å². The Morgan fingerprint density at radius 3 is 1.69 bits per heavy atom. The minimum atomic E-state index is -2.49. The van der Waals surface area contributed by atoms with Crippen LogP contribution in [0.4, 0.5) is 0 Å². The molecule has 0 heterocycles. The first-order valence-corrected chi connectivity index (χ1v) is 22.4. The Balaban J connectivity index is 4.76. The SMILES string of the molecule is C[Si](C)(C)O[Si](C)(C)O[Si](C)(CCCOCC(O)C(O)C(O)CO)O[Si](C)(C)C. The molecule has 0 amide bonds. The molecule has 0 saturated carbocycles. The van der Waals surface area contributed by atoms with Crippen molar-refractivity contribution in [3.05, 3.63) is 0 Å². The first-order chi connectivity index (χ1) is 12.9. The van der Waals surface area contributed by atoms with E-state index in [1.165, 1.54) is 0 Å². The van der Waals surface area contributed by atoms with Crippen LogP contribution in [0, 0.1) is 0 Å². The van der Waals surface area contributed by atoms with E-state index >= 15 is 0 Å². The summed E-state index contributed by atoms with van der Waals surface area (Å²) in [5, 5.41) is 37.6. The number of rotatable bonds is 15. The molecule has 29 heavy (non-hydrogen) atoms. The second-order valence-electron chi connectivity index (χ2n) is 10.1. The third-order valence-corrected chi connectivity index (χ3v) is 17.3. The lowest BCUT2D eigenvalue weighted by Gasteiger charge is -2.41. The molecule has 4 N–H and O–H groups in total. The lowest BCUT2D eigenvalue weighted by atomic mass is 10.1. The molecule has 0 aromatic carbocycles. The van der Waals surface area contributed by atoms with E-state index in [0.717, 1.165) is 6.04 Å². The topological polar surface area (TPSA) is 118 Å². The monoisotopic (exact) mass is 488 g/mol. The Bertz CT molecular complexity index is 469. The first kappa shape index (κ1) is 29.5. The summed E-state index contributed by atoms with van der Waals surface area (Å²) in [6, 6.07) is 0.737. The highest BCUT2D eigenvalue weighted by atomic mass is 28.5. The summed E-state index contributed by atoms with van der Waals surface area (Å²) < 4.78 is 24.9. The maximum absolute atomic E-state index is 9.80. The van der Waals surface area contributed by atoms with Crippen molar-refractivity contribution in [2.75, 3.05) is 19.8 Å². The van der Waals surface area contributed by atoms with E-state index in [1.807, 2.05) is 0 Å². The van der Waals surface area contributed by atoms with E-state index in [-0.39, 0.29) is 6.61 Å². The Kier molecular flexibility index (Phi) is 12.2. The molecule has 0 aromatic heterocycles. The highest BCUT2D eigenvalue weighted by Gasteiger charge is 2.44. The zero-order valence-electron chi connectivity index (χ0n) is 19.7. The average Bonchev–Trinajstić information content (AvgIpc) is 2.47. The van der Waals surface area contributed by atoms with Crippen LogP contribution in [0.25, 0.3) is 0 Å². The third-order valence-electron chi connectivity index (χ3n) is 3.72. The van der Waals surface area contributed by atoms with E-state index in [0.29, 0.717) is 13.0 Å². The van der Waals surface area contributed by atoms with Crippen LogP contribution in [0.15, 0.2) is 0 Å². The van der Waals surface area contributed by atoms with Crippen LogP contribution in [0.5, 0.6) is 0 Å². The maximum atomic E-state index is 9.80. The van der Waals surface area contributed by atoms with E-state index < -0.39 is 58.7 Å². The van der Waals surface area contributed by atoms with Gasteiger partial charge in [0, 0.05) is 6.61 Å². The molecule has 0 aliphatic carbocycles. The van der Waals surface area contributed by atoms with Gasteiger partial charge in [0.1, 0.15) is 18.3 Å². The number of hydrogen-bond donors (Lipinski definition) is 4. The number of aliphatic hydroxyl groups excluding tert-OH is 4. The highest BCUT2D eigenvalue weighted by Crippen LogP contribution is 2.27. The van der Waals surface area contributed by atoms with Crippen molar-refractivity contribution in [3.63, 3.8) is 0 Å². The molecule has 0 aliphatic heterocycles. The van der Waals surface area contributed by atoms with Crippen molar-refractivity contribution in [3.8, 4) is 0 Å². The van der Waals surface area contributed by atoms with Gasteiger partial charge in [0.15, 0.2) is 16.6 Å². The molecule has 0 bridgehead atoms. The second-order valence-corrected chi connectivity index (χ2v) is 26.5. The minimum absolute atomic E-state index is 0.120. The molecule has 0 spiro atoms. The van der Waals surface area contributed by atoms with Gasteiger partial charge in [-0.15, -0.1) is 0 Å². The van der Waals surface area contributed by atoms with Crippen molar-refractivity contribution >= 4 is 33.8 Å². The largest absolute Gasteiger partial charge is 0.437 e. The van der Waals surface area contributed by atoms with Gasteiger partial charge in [0.25, 0.3) is 0 Å². The molecule has 0 rings (SSSR count). The molecule has 12 heteroatoms. The van der Waals surface area contributed by atoms with Crippen LogP contribution in [0.3, 0.4) is 0 Å². The fourth-order valence-corrected chi connectivity index (χ4v) is 21.1. The van der Waals surface area contributed by atoms with Gasteiger partial charge >= 0.3 is 17.1 Å². The lowest BCUT2D eigenvalue weighted by molar-refractivity contribution is -0.0995. The maximum Gasteiger partial charge on any atom is 0.315 e. The van der Waals surface area contributed by atoms with E-state index in [1.54, 1.807) is 0 Å². The minimum Gasteiger partial charge on any atom is -0.437 e. The molecule has 0 aliphatic rings. The zero-order chi connectivity index (χ0) is 23.1. The molecule has 0 aromatic rings. The van der Waals surface area contributed by atoms with Crippen molar-refractivity contribution in [1.82, 2.24) is 0 Å². The smallest absolute Gasteiger partial charge is 0.315 e. The molecule has 4 atom stereocenters. The fourth-order valence-electron chi connectivity index (χ4n) is 3.21. The molecule has 176 valence electrons. The van der Waals surface area contributed by atoms with Crippen molar-refractivity contribution < 1.29 is 37.5 Å². The molecule has 8 nitrogen and oxygen atoms in total. The zero-order valence-corrected chi connectivity index (χ0v) is 23.7. The predicted octanol–water partition coefficient (Wildman–Crippen LogP) is 1.96. The summed E-state index contributed by atoms with van der Waals surface area (Å²) in [5.74, 6) is 0. The van der Waals surface area contributed by atoms with Gasteiger partial charge in [-0.05, 0) is 71.4 Å². The van der Waals surface area contributed by atoms with Crippen LogP contribution < -0.4 is 0 Å². The average molecular weight is 489 g/mol. The predicted molar refractivity (Wildman–Crippen MR) is 124 cm³/mol. The summed E-state index contributed by atoms with van der Waals surface area (Å²) in [7, 11) is -8.37. The van der Waals surface area contributed by atoms with E-state index in [9.17, 15) is 15.3 Å². The molecular formula is C17H44O8Si4. The van der Waals surface area contributed by atoms with Crippen molar-refractivity contribution in [1.29, 1.82) is 0 Å². The number of ether oxygens (including phenoxy) is 1. The van der Waals surface area contributed by atoms with Gasteiger partial charge in [-0.1, -0.05) is 0 Å². The lowest BCUT2D eigenvalue weighted by Crippen LogP contribution is -2.56. The van der Waals surface area contributed by atoms with Crippen molar-refractivity contribution in [2.24, 2.45) is 0 Å². The summed E-state index contributed by atoms with van der Waals surface area (Å²) >= 11 is 0. The van der Waals surface area contributed by atoms with Crippen LogP contribution >= 0.6 is 0 Å². The van der Waals surface area contributed by atoms with Gasteiger partial charge in [0.2, 0.25) is 0 Å². The normalized spacial score (nSPS) is 18.9. The summed E-state index contributed by atoms with van der Waals surface area (Å²) in [4.78, 5) is 0. The Morgan fingerprint density at radius 2 is 1.24 bits per heavy atom. The van der Waals surface area contributed by atoms with Gasteiger partial charge in [-0.2, -0.15) is 0 Å². The Morgan fingerprint density at radius 1 is 0.724 bits per heavy atom. The molecule has 0 fully saturated rings. The van der Waals surface area contributed by atoms with Gasteiger partial charge in [0.05, 0.1) is 13.2 Å². The first-order valence-electron chi connectivity index (χ1n) is 10.2. The molecule has 0 radical (unpaired) electrons. The standard InChI is InChI=1S/C17H44O8Si4/c1-26(2,3)23-28(7,8)25-29(9,24-27(4,5)6)12-10-11-22-14-16(20)17(21)15(19)13-18/h15-21H,10-14H2,1-9H3. The molecular weight excluding hydrogens is 445 g/mol. The third kappa shape index (κ3) is 14.3. The van der Waals surface area contributed by atoms with Crippen LogP contribution in [-0.2, 0) is 17.1 Å². The summed E-state index contributed by atoms with van der Waals surface area (Å²) in [6.07, 6.45) is -3.40. The van der Waals surface area contributed by atoms with Gasteiger partial charge in [-0.25, -0.2) is 0 Å². The van der Waals surface area contributed by atoms with E-state index in [2.05, 4.69) is 58.9 Å². The van der Waals surface area contributed by atoms with Gasteiger partial charge in [-0.3, -0.25) is 0 Å². The summed E-state index contributed by atoms with van der Waals surface area (Å²) in [5.41, 5.74) is 0. The van der Waals surface area contributed by atoms with Crippen molar-refractivity contribution in [2.45, 2.75) is 89.7 Å². The molecule has 0 saturated heterocycles. The van der Waals surface area contributed by atoms with Gasteiger partial charge < -0.3 is 37.5 Å². The Hall–Kier alpha value is 0.548. The second kappa shape index (κ2) is 12.0. The molecule has 4 unspecified atom stereocenters. The number of aliphatic hydroxyl groups is 4.